The molecular formula is C107H117Cl6N10O3Ru3-3. The molecule has 3 saturated heterocycles. The summed E-state index contributed by atoms with van der Waals surface area (Å²) in [5.41, 5.74) is 43.0. The fourth-order valence-corrected chi connectivity index (χ4v) is 22.6. The average Bonchev–Trinajstić information content (AvgIpc) is 1.67. The van der Waals surface area contributed by atoms with Crippen LogP contribution in [-0.4, -0.2) is 81.8 Å². The second kappa shape index (κ2) is 49.0. The van der Waals surface area contributed by atoms with Gasteiger partial charge in [-0.2, -0.15) is 20.0 Å². The Morgan fingerprint density at radius 3 is 0.690 bits per heavy atom. The van der Waals surface area contributed by atoms with Crippen LogP contribution in [0.15, 0.2) is 233 Å². The number of hydrogen-bond acceptors (Lipinski definition) is 12. The van der Waals surface area contributed by atoms with Gasteiger partial charge in [-0.05, 0) is 191 Å². The second-order valence-electron chi connectivity index (χ2n) is 33.0. The quantitative estimate of drug-likeness (QED) is 0.0312. The summed E-state index contributed by atoms with van der Waals surface area (Å²) in [4.78, 5) is 37.8. The van der Waals surface area contributed by atoms with Gasteiger partial charge in [-0.3, -0.25) is 0 Å². The predicted molar refractivity (Wildman–Crippen MR) is 549 cm³/mol. The molecule has 3 aliphatic rings. The van der Waals surface area contributed by atoms with Crippen LogP contribution in [0.2, 0.25) is 0 Å². The summed E-state index contributed by atoms with van der Waals surface area (Å²) >= 11 is -5.56. The Balaban J connectivity index is 0.000000161. The van der Waals surface area contributed by atoms with Crippen LogP contribution in [0, 0.1) is 162 Å². The number of benzene rings is 12. The number of anilines is 6. The van der Waals surface area contributed by atoms with Crippen LogP contribution < -0.4 is 29.4 Å². The number of aliphatic imine (C=N–C) groups is 3. The van der Waals surface area contributed by atoms with Crippen molar-refractivity contribution in [2.24, 2.45) is 15.0 Å². The van der Waals surface area contributed by atoms with Crippen LogP contribution >= 0.6 is 58.1 Å². The maximum atomic E-state index is 10.6. The monoisotopic (exact) mass is 2110 g/mol. The first kappa shape index (κ1) is 102. The molecule has 12 aromatic carbocycles. The van der Waals surface area contributed by atoms with Gasteiger partial charge >= 0.3 is 393 Å². The molecular weight excluding hydrogens is 1990 g/mol. The zero-order valence-corrected chi connectivity index (χ0v) is 86.7. The Morgan fingerprint density at radius 2 is 0.496 bits per heavy atom. The van der Waals surface area contributed by atoms with E-state index < -0.39 is 45.5 Å². The van der Waals surface area contributed by atoms with Crippen molar-refractivity contribution >= 4 is 147 Å². The van der Waals surface area contributed by atoms with Gasteiger partial charge in [0.1, 0.15) is 0 Å². The molecule has 0 amide bonds. The van der Waals surface area contributed by atoms with E-state index in [0.29, 0.717) is 5.69 Å². The van der Waals surface area contributed by atoms with E-state index in [4.69, 9.17) is 63.3 Å². The van der Waals surface area contributed by atoms with Gasteiger partial charge in [0, 0.05) is 73.4 Å². The van der Waals surface area contributed by atoms with E-state index in [1.165, 1.54) is 152 Å². The number of nitro benzene ring substituents is 1. The third kappa shape index (κ3) is 29.8. The molecule has 129 heavy (non-hydrogen) atoms. The maximum absolute atomic E-state index is 10.6. The van der Waals surface area contributed by atoms with Crippen LogP contribution in [0.1, 0.15) is 145 Å². The minimum absolute atomic E-state index is 0.0411. The molecule has 22 heteroatoms. The number of aliphatic hydroxyl groups is 1. The Labute approximate surface area is 805 Å². The first-order valence-electron chi connectivity index (χ1n) is 42.5. The zero-order chi connectivity index (χ0) is 93.4. The molecule has 12 aromatic rings. The number of non-ortho nitro benzene ring substituents is 1. The van der Waals surface area contributed by atoms with Gasteiger partial charge in [0.25, 0.3) is 0 Å². The molecule has 1 N–H and O–H groups in total. The molecule has 0 radical (unpaired) electrons. The Bertz CT molecular complexity index is 5490. The molecule has 3 heterocycles. The van der Waals surface area contributed by atoms with Gasteiger partial charge in [-0.25, -0.2) is 0 Å². The molecule has 0 bridgehead atoms. The Hall–Kier alpha value is -8.97. The number of hydrogen-bond donors (Lipinski definition) is 1. The molecule has 0 aliphatic carbocycles. The van der Waals surface area contributed by atoms with Crippen LogP contribution in [0.25, 0.3) is 0 Å². The van der Waals surface area contributed by atoms with Crippen molar-refractivity contribution in [3.8, 4) is 0 Å². The number of aliphatic hydroxyl groups excluding tert-OH is 1. The number of nitrogens with zero attached hydrogens (tertiary/aromatic N) is 10. The summed E-state index contributed by atoms with van der Waals surface area (Å²) in [7, 11) is 35.5. The van der Waals surface area contributed by atoms with Crippen LogP contribution in [0.4, 0.5) is 56.9 Å². The topological polar surface area (TPSA) is 120 Å². The summed E-state index contributed by atoms with van der Waals surface area (Å²) in [5.74, 6) is 0. The summed E-state index contributed by atoms with van der Waals surface area (Å²) in [5, 5.41) is 19.6. The number of rotatable bonds is 17. The normalized spacial score (nSPS) is 13.2. The fraction of sp³-hybridized carbons (Fsp3) is 0.243. The van der Waals surface area contributed by atoms with Gasteiger partial charge in [-0.15, -0.1) is 0 Å². The number of aryl methyl sites for hydroxylation is 19. The predicted octanol–water partition coefficient (Wildman–Crippen LogP) is 28.2. The van der Waals surface area contributed by atoms with Gasteiger partial charge in [-0.1, -0.05) is 106 Å². The number of nitro groups is 1. The van der Waals surface area contributed by atoms with E-state index >= 15 is 0 Å². The summed E-state index contributed by atoms with van der Waals surface area (Å²) in [6.07, 6.45) is 5.34. The van der Waals surface area contributed by atoms with Crippen molar-refractivity contribution in [3.05, 3.63) is 393 Å². The van der Waals surface area contributed by atoms with E-state index in [2.05, 4.69) is 269 Å². The van der Waals surface area contributed by atoms with Gasteiger partial charge in [0.15, 0.2) is 0 Å². The van der Waals surface area contributed by atoms with Gasteiger partial charge in [0.05, 0.1) is 0 Å². The van der Waals surface area contributed by atoms with Crippen molar-refractivity contribution in [3.63, 3.8) is 0 Å². The van der Waals surface area contributed by atoms with Crippen molar-refractivity contribution < 1.29 is 50.6 Å². The number of halogens is 6. The van der Waals surface area contributed by atoms with E-state index in [0.717, 1.165) is 89.6 Å². The minimum atomic E-state index is -1.90. The fourth-order valence-electron chi connectivity index (χ4n) is 17.1. The van der Waals surface area contributed by atoms with E-state index in [9.17, 15) is 10.1 Å². The molecule has 3 fully saturated rings. The SMILES string of the molecule is Cc1cc(C)c(N2[CH-]N(c3c(C)cc(C)cc3C)CC2)c(C)c1.Cc1cc(C)c(N2[CH-]N(c3c(C)cc(C)cc3C)CC2)c(C)c1.Cc1cc(C)c(N2[CH-]N(c3c(C)cc(C)cc3C)CC2)c(C)c1.Cc1ccc(N=Cc2ccccc2[CH]=[Ru]([Cl])[Cl])cc1.O=[N+]([O-])c1ccc(N=Cc2ccccc2[CH]=[Ru]([Cl])[Cl])cc1.OCc1ccc(N=Cc2ccccc2[CH]=[Ru]([Cl])[Cl])cc1. The Morgan fingerprint density at radius 1 is 0.302 bits per heavy atom. The standard InChI is InChI=1S/3C21H27N2.C15H13NO.C15H13N.C14H10N2O2.6ClH.3Ru/c3*1-14-9-16(3)20(17(4)10-14)22-7-8-23(13-22)21-18(5)11-15(2)12-19(21)6;1-12-4-2-3-5-14(12)10-16-15-8-6-13(11-17)7-9-15;1-12-7-9-15(10-8-12)16-11-14-6-4-3-5-13(14)2;1-11-4-2-3-5-12(11)10-15-13-6-8-14(9-7-13)16(17)18;;;;;;;;;/h3*9-13H,7-8H2,1-6H3;1-10,17H,11H2;2-11H,1H3;1-10H;6*1H;;;/q3*-1;;;;;;;;;;3*+2/p-6. The third-order valence-electron chi connectivity index (χ3n) is 21.9. The molecule has 3 aliphatic heterocycles. The molecule has 0 saturated carbocycles. The summed E-state index contributed by atoms with van der Waals surface area (Å²) < 4.78 is 5.69. The van der Waals surface area contributed by atoms with Crippen LogP contribution in [-0.2, 0) is 47.2 Å². The molecule has 0 atom stereocenters. The second-order valence-corrected chi connectivity index (χ2v) is 50.2. The van der Waals surface area contributed by atoms with E-state index in [1.54, 1.807) is 24.6 Å². The first-order chi connectivity index (χ1) is 61.5. The summed E-state index contributed by atoms with van der Waals surface area (Å²) in [6.45, 7) is 54.8. The Kier molecular flexibility index (Phi) is 38.8. The van der Waals surface area contributed by atoms with E-state index in [-0.39, 0.29) is 12.3 Å². The van der Waals surface area contributed by atoms with Gasteiger partial charge in [0.2, 0.25) is 0 Å². The summed E-state index contributed by atoms with van der Waals surface area (Å²) in [6, 6.07) is 72.4. The van der Waals surface area contributed by atoms with Crippen molar-refractivity contribution in [1.82, 2.24) is 0 Å². The van der Waals surface area contributed by atoms with Crippen molar-refractivity contribution in [2.45, 2.75) is 138 Å². The van der Waals surface area contributed by atoms with Crippen molar-refractivity contribution in [2.75, 3.05) is 68.7 Å². The molecule has 0 spiro atoms. The molecule has 682 valence electrons. The molecule has 0 unspecified atom stereocenters. The molecule has 0 aromatic heterocycles. The first-order valence-corrected chi connectivity index (χ1v) is 59.0. The van der Waals surface area contributed by atoms with Crippen LogP contribution in [0.5, 0.6) is 0 Å². The van der Waals surface area contributed by atoms with E-state index in [1.807, 2.05) is 141 Å². The zero-order valence-electron chi connectivity index (χ0n) is 77.0. The molecule has 13 nitrogen and oxygen atoms in total. The average molecular weight is 2110 g/mol. The molecule has 15 rings (SSSR count). The van der Waals surface area contributed by atoms with Crippen molar-refractivity contribution in [1.29, 1.82) is 0 Å². The van der Waals surface area contributed by atoms with Crippen LogP contribution in [0.3, 0.4) is 0 Å². The third-order valence-corrected chi connectivity index (χ3v) is 27.4. The van der Waals surface area contributed by atoms with Gasteiger partial charge < -0.3 is 29.4 Å².